The average Bonchev–Trinajstić information content (AvgIpc) is 2.28. The third kappa shape index (κ3) is 2.43. The van der Waals surface area contributed by atoms with Crippen molar-refractivity contribution in [1.82, 2.24) is 0 Å². The fourth-order valence-corrected chi connectivity index (χ4v) is 1.63. The van der Waals surface area contributed by atoms with Crippen LogP contribution in [0, 0.1) is 0 Å². The summed E-state index contributed by atoms with van der Waals surface area (Å²) in [6.45, 7) is 8.15. The first kappa shape index (κ1) is 12.8. The van der Waals surface area contributed by atoms with Gasteiger partial charge in [-0.3, -0.25) is 4.79 Å². The van der Waals surface area contributed by atoms with E-state index in [-0.39, 0.29) is 11.3 Å². The van der Waals surface area contributed by atoms with Crippen molar-refractivity contribution < 1.29 is 4.79 Å². The molecule has 1 rings (SSSR count). The summed E-state index contributed by atoms with van der Waals surface area (Å²) in [4.78, 5) is 13.7. The molecule has 0 unspecified atom stereocenters. The van der Waals surface area contributed by atoms with Crippen molar-refractivity contribution in [2.75, 3.05) is 11.9 Å². The molecule has 1 aromatic carbocycles. The third-order valence-electron chi connectivity index (χ3n) is 3.42. The molecule has 0 fully saturated rings. The van der Waals surface area contributed by atoms with Crippen LogP contribution in [0.4, 0.5) is 5.69 Å². The highest BCUT2D eigenvalue weighted by Crippen LogP contribution is 2.28. The fraction of sp³-hybridized carbons (Fsp3) is 0.500. The molecular formula is C14H21NO. The minimum Gasteiger partial charge on any atom is -0.369 e. The molecule has 0 aromatic heterocycles. The van der Waals surface area contributed by atoms with Gasteiger partial charge in [-0.2, -0.15) is 0 Å². The van der Waals surface area contributed by atoms with E-state index in [4.69, 9.17) is 0 Å². The summed E-state index contributed by atoms with van der Waals surface area (Å²) >= 11 is 0. The maximum Gasteiger partial charge on any atom is 0.161 e. The van der Waals surface area contributed by atoms with Gasteiger partial charge < -0.3 is 4.90 Å². The van der Waals surface area contributed by atoms with Crippen LogP contribution in [-0.2, 0) is 0 Å². The van der Waals surface area contributed by atoms with Crippen molar-refractivity contribution in [3.05, 3.63) is 29.8 Å². The van der Waals surface area contributed by atoms with Crippen LogP contribution in [0.2, 0.25) is 0 Å². The zero-order valence-corrected chi connectivity index (χ0v) is 10.9. The van der Waals surface area contributed by atoms with Crippen molar-refractivity contribution in [3.8, 4) is 0 Å². The number of para-hydroxylation sites is 1. The van der Waals surface area contributed by atoms with Gasteiger partial charge in [0.05, 0.1) is 0 Å². The predicted molar refractivity (Wildman–Crippen MR) is 69.2 cm³/mol. The molecule has 0 aliphatic heterocycles. The number of hydrogen-bond donors (Lipinski definition) is 0. The maximum atomic E-state index is 11.6. The van der Waals surface area contributed by atoms with Gasteiger partial charge in [-0.05, 0) is 39.3 Å². The van der Waals surface area contributed by atoms with Crippen molar-refractivity contribution in [2.45, 2.75) is 39.7 Å². The molecule has 0 saturated carbocycles. The monoisotopic (exact) mass is 219 g/mol. The zero-order valence-electron chi connectivity index (χ0n) is 10.9. The Bertz CT molecular complexity index is 382. The molecule has 0 N–H and O–H groups in total. The first-order chi connectivity index (χ1) is 7.40. The smallest absolute Gasteiger partial charge is 0.161 e. The van der Waals surface area contributed by atoms with Crippen LogP contribution >= 0.6 is 0 Å². The zero-order chi connectivity index (χ0) is 12.3. The van der Waals surface area contributed by atoms with Crippen LogP contribution < -0.4 is 4.90 Å². The molecule has 2 heteroatoms. The largest absolute Gasteiger partial charge is 0.369 e. The summed E-state index contributed by atoms with van der Waals surface area (Å²) in [5, 5.41) is 0. The maximum absolute atomic E-state index is 11.6. The highest BCUT2D eigenvalue weighted by atomic mass is 16.1. The van der Waals surface area contributed by atoms with Gasteiger partial charge >= 0.3 is 0 Å². The van der Waals surface area contributed by atoms with E-state index in [1.165, 1.54) is 0 Å². The standard InChI is InChI=1S/C14H21NO/c1-6-14(3,4)15(5)13-10-8-7-9-12(13)11(2)16/h7-10H,6H2,1-5H3. The van der Waals surface area contributed by atoms with Crippen LogP contribution in [0.1, 0.15) is 44.5 Å². The number of hydrogen-bond acceptors (Lipinski definition) is 2. The van der Waals surface area contributed by atoms with E-state index in [1.54, 1.807) is 6.92 Å². The SMILES string of the molecule is CCC(C)(C)N(C)c1ccccc1C(C)=O. The number of carbonyl (C=O) groups is 1. The first-order valence-corrected chi connectivity index (χ1v) is 5.74. The lowest BCUT2D eigenvalue weighted by molar-refractivity contribution is 0.101. The van der Waals surface area contributed by atoms with Crippen molar-refractivity contribution in [3.63, 3.8) is 0 Å². The first-order valence-electron chi connectivity index (χ1n) is 5.74. The third-order valence-corrected chi connectivity index (χ3v) is 3.42. The highest BCUT2D eigenvalue weighted by Gasteiger charge is 2.23. The Balaban J connectivity index is 3.18. The van der Waals surface area contributed by atoms with Crippen LogP contribution in [0.3, 0.4) is 0 Å². The summed E-state index contributed by atoms with van der Waals surface area (Å²) in [7, 11) is 2.05. The van der Waals surface area contributed by atoms with Gasteiger partial charge in [-0.15, -0.1) is 0 Å². The number of nitrogens with zero attached hydrogens (tertiary/aromatic N) is 1. The lowest BCUT2D eigenvalue weighted by Crippen LogP contribution is -2.41. The van der Waals surface area contributed by atoms with Crippen LogP contribution in [-0.4, -0.2) is 18.4 Å². The summed E-state index contributed by atoms with van der Waals surface area (Å²) in [6, 6.07) is 7.78. The second-order valence-corrected chi connectivity index (χ2v) is 4.80. The number of ketones is 1. The molecular weight excluding hydrogens is 198 g/mol. The topological polar surface area (TPSA) is 20.3 Å². The molecule has 0 heterocycles. The number of carbonyl (C=O) groups excluding carboxylic acids is 1. The Morgan fingerprint density at radius 1 is 1.31 bits per heavy atom. The Hall–Kier alpha value is -1.31. The van der Waals surface area contributed by atoms with Gasteiger partial charge in [0.15, 0.2) is 5.78 Å². The molecule has 1 aromatic rings. The molecule has 0 spiro atoms. The summed E-state index contributed by atoms with van der Waals surface area (Å²) < 4.78 is 0. The lowest BCUT2D eigenvalue weighted by Gasteiger charge is -2.37. The van der Waals surface area contributed by atoms with E-state index in [0.29, 0.717) is 0 Å². The molecule has 0 radical (unpaired) electrons. The molecule has 16 heavy (non-hydrogen) atoms. The summed E-state index contributed by atoms with van der Waals surface area (Å²) in [6.07, 6.45) is 1.04. The Morgan fingerprint density at radius 2 is 1.88 bits per heavy atom. The van der Waals surface area contributed by atoms with Crippen LogP contribution in [0.5, 0.6) is 0 Å². The Kier molecular flexibility index (Phi) is 3.74. The molecule has 0 bridgehead atoms. The van der Waals surface area contributed by atoms with Crippen molar-refractivity contribution >= 4 is 11.5 Å². The van der Waals surface area contributed by atoms with Crippen LogP contribution in [0.15, 0.2) is 24.3 Å². The highest BCUT2D eigenvalue weighted by molar-refractivity contribution is 5.99. The Morgan fingerprint density at radius 3 is 2.38 bits per heavy atom. The van der Waals surface area contributed by atoms with Crippen LogP contribution in [0.25, 0.3) is 0 Å². The normalized spacial score (nSPS) is 11.3. The molecule has 0 saturated heterocycles. The summed E-state index contributed by atoms with van der Waals surface area (Å²) in [5.74, 6) is 0.120. The van der Waals surface area contributed by atoms with Gasteiger partial charge in [0.2, 0.25) is 0 Å². The quantitative estimate of drug-likeness (QED) is 0.722. The average molecular weight is 219 g/mol. The van der Waals surface area contributed by atoms with E-state index < -0.39 is 0 Å². The van der Waals surface area contributed by atoms with Gasteiger partial charge in [0.1, 0.15) is 0 Å². The fourth-order valence-electron chi connectivity index (χ4n) is 1.63. The van der Waals surface area contributed by atoms with E-state index >= 15 is 0 Å². The van der Waals surface area contributed by atoms with E-state index in [2.05, 4.69) is 25.7 Å². The van der Waals surface area contributed by atoms with E-state index in [1.807, 2.05) is 31.3 Å². The molecule has 0 aliphatic carbocycles. The van der Waals surface area contributed by atoms with Crippen molar-refractivity contribution in [1.29, 1.82) is 0 Å². The number of anilines is 1. The molecule has 2 nitrogen and oxygen atoms in total. The molecule has 0 amide bonds. The minimum atomic E-state index is 0.0611. The number of rotatable bonds is 4. The number of Topliss-reactive ketones (excluding diaryl/α,β-unsaturated/α-hetero) is 1. The molecule has 0 aliphatic rings. The Labute approximate surface area is 98.3 Å². The summed E-state index contributed by atoms with van der Waals surface area (Å²) in [5.41, 5.74) is 1.87. The van der Waals surface area contributed by atoms with Gasteiger partial charge in [-0.1, -0.05) is 19.1 Å². The van der Waals surface area contributed by atoms with Gasteiger partial charge in [0.25, 0.3) is 0 Å². The molecule has 0 atom stereocenters. The van der Waals surface area contributed by atoms with Crippen molar-refractivity contribution in [2.24, 2.45) is 0 Å². The van der Waals surface area contributed by atoms with E-state index in [0.717, 1.165) is 17.7 Å². The molecule has 88 valence electrons. The lowest BCUT2D eigenvalue weighted by atomic mass is 9.97. The van der Waals surface area contributed by atoms with Gasteiger partial charge in [-0.25, -0.2) is 0 Å². The second-order valence-electron chi connectivity index (χ2n) is 4.80. The minimum absolute atomic E-state index is 0.0611. The van der Waals surface area contributed by atoms with Gasteiger partial charge in [0, 0.05) is 23.8 Å². The van der Waals surface area contributed by atoms with E-state index in [9.17, 15) is 4.79 Å². The second kappa shape index (κ2) is 4.69. The predicted octanol–water partition coefficient (Wildman–Crippen LogP) is 3.51. The number of benzene rings is 1.